The zero-order valence-corrected chi connectivity index (χ0v) is 10.2. The van der Waals surface area contributed by atoms with Gasteiger partial charge in [-0.15, -0.1) is 0 Å². The molecule has 1 fully saturated rings. The van der Waals surface area contributed by atoms with Crippen molar-refractivity contribution < 1.29 is 9.50 Å². The highest BCUT2D eigenvalue weighted by Crippen LogP contribution is 2.22. The van der Waals surface area contributed by atoms with Gasteiger partial charge in [-0.25, -0.2) is 4.39 Å². The van der Waals surface area contributed by atoms with Crippen LogP contribution in [-0.4, -0.2) is 17.3 Å². The minimum atomic E-state index is -0.185. The molecule has 0 spiro atoms. The topological polar surface area (TPSA) is 32.3 Å². The van der Waals surface area contributed by atoms with Crippen LogP contribution in [-0.2, 0) is 0 Å². The summed E-state index contributed by atoms with van der Waals surface area (Å²) in [4.78, 5) is 0. The van der Waals surface area contributed by atoms with E-state index in [0.29, 0.717) is 6.04 Å². The highest BCUT2D eigenvalue weighted by atomic mass is 19.1. The average molecular weight is 237 g/mol. The van der Waals surface area contributed by atoms with Gasteiger partial charge in [-0.3, -0.25) is 0 Å². The van der Waals surface area contributed by atoms with Gasteiger partial charge in [-0.2, -0.15) is 0 Å². The zero-order chi connectivity index (χ0) is 12.3. The smallest absolute Gasteiger partial charge is 0.123 e. The molecular formula is C14H20FNO. The summed E-state index contributed by atoms with van der Waals surface area (Å²) in [5.41, 5.74) is 0.983. The van der Waals surface area contributed by atoms with Gasteiger partial charge in [-0.1, -0.05) is 12.1 Å². The van der Waals surface area contributed by atoms with Crippen molar-refractivity contribution in [2.24, 2.45) is 0 Å². The number of hydrogen-bond acceptors (Lipinski definition) is 2. The van der Waals surface area contributed by atoms with Gasteiger partial charge in [0.2, 0.25) is 0 Å². The Labute approximate surface area is 102 Å². The normalized spacial score (nSPS) is 26.8. The van der Waals surface area contributed by atoms with Crippen LogP contribution >= 0.6 is 0 Å². The molecule has 1 aromatic rings. The van der Waals surface area contributed by atoms with Gasteiger partial charge >= 0.3 is 0 Å². The largest absolute Gasteiger partial charge is 0.393 e. The van der Waals surface area contributed by atoms with Crippen LogP contribution in [0.1, 0.15) is 44.2 Å². The number of nitrogens with one attached hydrogen (secondary N) is 1. The van der Waals surface area contributed by atoms with E-state index in [4.69, 9.17) is 0 Å². The molecule has 1 saturated carbocycles. The maximum absolute atomic E-state index is 13.1. The summed E-state index contributed by atoms with van der Waals surface area (Å²) in [5.74, 6) is -0.185. The predicted molar refractivity (Wildman–Crippen MR) is 66.2 cm³/mol. The van der Waals surface area contributed by atoms with E-state index in [1.165, 1.54) is 6.07 Å². The Morgan fingerprint density at radius 2 is 2.00 bits per heavy atom. The Bertz CT molecular complexity index is 361. The van der Waals surface area contributed by atoms with E-state index in [1.807, 2.05) is 6.07 Å². The molecule has 3 heteroatoms. The molecule has 1 aliphatic carbocycles. The van der Waals surface area contributed by atoms with Gasteiger partial charge in [0, 0.05) is 12.1 Å². The second-order valence-electron chi connectivity index (χ2n) is 4.95. The molecule has 0 aliphatic heterocycles. The minimum absolute atomic E-state index is 0.127. The van der Waals surface area contributed by atoms with Gasteiger partial charge in [0.05, 0.1) is 6.10 Å². The molecule has 0 saturated heterocycles. The fraction of sp³-hybridized carbons (Fsp3) is 0.571. The Balaban J connectivity index is 1.90. The van der Waals surface area contributed by atoms with Gasteiger partial charge in [-0.05, 0) is 50.3 Å². The average Bonchev–Trinajstić information content (AvgIpc) is 2.32. The maximum Gasteiger partial charge on any atom is 0.123 e. The molecule has 1 atom stereocenters. The quantitative estimate of drug-likeness (QED) is 0.847. The SMILES string of the molecule is C[C@H](NC1CCC(O)CC1)c1cccc(F)c1. The second-order valence-corrected chi connectivity index (χ2v) is 4.95. The maximum atomic E-state index is 13.1. The summed E-state index contributed by atoms with van der Waals surface area (Å²) >= 11 is 0. The Hall–Kier alpha value is -0.930. The van der Waals surface area contributed by atoms with Crippen molar-refractivity contribution in [2.75, 3.05) is 0 Å². The van der Waals surface area contributed by atoms with Crippen molar-refractivity contribution in [1.29, 1.82) is 0 Å². The molecule has 17 heavy (non-hydrogen) atoms. The van der Waals surface area contributed by atoms with Crippen molar-refractivity contribution in [3.05, 3.63) is 35.6 Å². The predicted octanol–water partition coefficient (Wildman–Crippen LogP) is 2.78. The molecule has 0 unspecified atom stereocenters. The first-order valence-electron chi connectivity index (χ1n) is 6.34. The summed E-state index contributed by atoms with van der Waals surface area (Å²) in [6, 6.07) is 7.33. The number of rotatable bonds is 3. The van der Waals surface area contributed by atoms with E-state index in [2.05, 4.69) is 12.2 Å². The lowest BCUT2D eigenvalue weighted by molar-refractivity contribution is 0.114. The lowest BCUT2D eigenvalue weighted by Crippen LogP contribution is -2.36. The molecule has 0 bridgehead atoms. The fourth-order valence-corrected chi connectivity index (χ4v) is 2.47. The third kappa shape index (κ3) is 3.51. The molecule has 2 nitrogen and oxygen atoms in total. The van der Waals surface area contributed by atoms with E-state index >= 15 is 0 Å². The molecule has 0 heterocycles. The molecule has 0 aromatic heterocycles. The van der Waals surface area contributed by atoms with Crippen molar-refractivity contribution >= 4 is 0 Å². The van der Waals surface area contributed by atoms with E-state index in [1.54, 1.807) is 12.1 Å². The van der Waals surface area contributed by atoms with Crippen LogP contribution in [0.3, 0.4) is 0 Å². The van der Waals surface area contributed by atoms with Gasteiger partial charge in [0.15, 0.2) is 0 Å². The van der Waals surface area contributed by atoms with Crippen LogP contribution in [0.15, 0.2) is 24.3 Å². The lowest BCUT2D eigenvalue weighted by atomic mass is 9.92. The minimum Gasteiger partial charge on any atom is -0.393 e. The van der Waals surface area contributed by atoms with Gasteiger partial charge in [0.1, 0.15) is 5.82 Å². The molecule has 94 valence electrons. The van der Waals surface area contributed by atoms with Gasteiger partial charge in [0.25, 0.3) is 0 Å². The monoisotopic (exact) mass is 237 g/mol. The number of aliphatic hydroxyl groups is 1. The van der Waals surface area contributed by atoms with Crippen molar-refractivity contribution in [3.63, 3.8) is 0 Å². The van der Waals surface area contributed by atoms with E-state index < -0.39 is 0 Å². The molecule has 2 rings (SSSR count). The lowest BCUT2D eigenvalue weighted by Gasteiger charge is -2.29. The summed E-state index contributed by atoms with van der Waals surface area (Å²) in [6.45, 7) is 2.06. The third-order valence-electron chi connectivity index (χ3n) is 3.53. The Kier molecular flexibility index (Phi) is 4.13. The van der Waals surface area contributed by atoms with E-state index in [-0.39, 0.29) is 18.0 Å². The number of hydrogen-bond donors (Lipinski definition) is 2. The van der Waals surface area contributed by atoms with Crippen molar-refractivity contribution in [3.8, 4) is 0 Å². The number of benzene rings is 1. The van der Waals surface area contributed by atoms with Crippen LogP contribution < -0.4 is 5.32 Å². The summed E-state index contributed by atoms with van der Waals surface area (Å²) in [5, 5.41) is 12.9. The Morgan fingerprint density at radius 1 is 1.29 bits per heavy atom. The van der Waals surface area contributed by atoms with Crippen LogP contribution in [0, 0.1) is 5.82 Å². The first-order valence-corrected chi connectivity index (χ1v) is 6.34. The summed E-state index contributed by atoms with van der Waals surface area (Å²) in [6.07, 6.45) is 3.61. The molecule has 0 amide bonds. The molecule has 1 aliphatic rings. The standard InChI is InChI=1S/C14H20FNO/c1-10(11-3-2-4-12(15)9-11)16-13-5-7-14(17)8-6-13/h2-4,9-10,13-14,16-17H,5-8H2,1H3/t10-,13?,14?/m0/s1. The summed E-state index contributed by atoms with van der Waals surface area (Å²) in [7, 11) is 0. The molecule has 0 radical (unpaired) electrons. The Morgan fingerprint density at radius 3 is 2.65 bits per heavy atom. The van der Waals surface area contributed by atoms with Crippen LogP contribution in [0.2, 0.25) is 0 Å². The van der Waals surface area contributed by atoms with Crippen LogP contribution in [0.4, 0.5) is 4.39 Å². The molecule has 1 aromatic carbocycles. The van der Waals surface area contributed by atoms with Crippen LogP contribution in [0.25, 0.3) is 0 Å². The highest BCUT2D eigenvalue weighted by Gasteiger charge is 2.20. The second kappa shape index (κ2) is 5.61. The molecular weight excluding hydrogens is 217 g/mol. The van der Waals surface area contributed by atoms with E-state index in [0.717, 1.165) is 31.2 Å². The highest BCUT2D eigenvalue weighted by molar-refractivity contribution is 5.19. The number of halogens is 1. The molecule has 2 N–H and O–H groups in total. The van der Waals surface area contributed by atoms with Gasteiger partial charge < -0.3 is 10.4 Å². The first kappa shape index (κ1) is 12.5. The van der Waals surface area contributed by atoms with Crippen LogP contribution in [0.5, 0.6) is 0 Å². The summed E-state index contributed by atoms with van der Waals surface area (Å²) < 4.78 is 13.1. The zero-order valence-electron chi connectivity index (χ0n) is 10.2. The van der Waals surface area contributed by atoms with Crippen molar-refractivity contribution in [1.82, 2.24) is 5.32 Å². The number of aliphatic hydroxyl groups excluding tert-OH is 1. The van der Waals surface area contributed by atoms with Crippen molar-refractivity contribution in [2.45, 2.75) is 50.8 Å². The fourth-order valence-electron chi connectivity index (χ4n) is 2.47. The van der Waals surface area contributed by atoms with E-state index in [9.17, 15) is 9.50 Å². The third-order valence-corrected chi connectivity index (χ3v) is 3.53. The first-order chi connectivity index (χ1) is 8.15.